The second-order valence-corrected chi connectivity index (χ2v) is 8.05. The summed E-state index contributed by atoms with van der Waals surface area (Å²) in [7, 11) is 1.94. The lowest BCUT2D eigenvalue weighted by molar-refractivity contribution is -0.136. The largest absolute Gasteiger partial charge is 0.481 e. The first-order valence-corrected chi connectivity index (χ1v) is 10.5. The molecular weight excluding hydrogens is 425 g/mol. The molecule has 0 spiro atoms. The van der Waals surface area contributed by atoms with Crippen LogP contribution in [0.15, 0.2) is 59.3 Å². The molecule has 168 valence electrons. The summed E-state index contributed by atoms with van der Waals surface area (Å²) in [5.74, 6) is -0.860. The average molecular weight is 447 g/mol. The quantitative estimate of drug-likeness (QED) is 0.471. The molecule has 0 unspecified atom stereocenters. The number of halogens is 1. The molecule has 4 aromatic rings. The van der Waals surface area contributed by atoms with E-state index in [1.165, 1.54) is 6.20 Å². The number of hydrogen-bond donors (Lipinski definition) is 2. The number of carboxylic acids is 1. The summed E-state index contributed by atoms with van der Waals surface area (Å²) in [6, 6.07) is 12.7. The van der Waals surface area contributed by atoms with Gasteiger partial charge in [-0.05, 0) is 35.9 Å². The molecule has 2 aromatic carbocycles. The highest BCUT2D eigenvalue weighted by molar-refractivity contribution is 5.93. The molecule has 0 fully saturated rings. The number of anilines is 1. The lowest BCUT2D eigenvalue weighted by atomic mass is 9.96. The van der Waals surface area contributed by atoms with Crippen LogP contribution in [0.2, 0.25) is 0 Å². The van der Waals surface area contributed by atoms with E-state index in [4.69, 9.17) is 14.9 Å². The van der Waals surface area contributed by atoms with E-state index in [2.05, 4.69) is 4.98 Å². The minimum Gasteiger partial charge on any atom is -0.481 e. The summed E-state index contributed by atoms with van der Waals surface area (Å²) in [6.07, 6.45) is 2.56. The third kappa shape index (κ3) is 3.68. The van der Waals surface area contributed by atoms with Gasteiger partial charge < -0.3 is 24.9 Å². The number of aromatic nitrogens is 1. The number of para-hydroxylation sites is 1. The number of carboxylic acid groups (broad SMARTS) is 1. The molecule has 1 atom stereocenters. The second-order valence-electron chi connectivity index (χ2n) is 8.05. The minimum absolute atomic E-state index is 0.0136. The van der Waals surface area contributed by atoms with Crippen LogP contribution >= 0.6 is 0 Å². The Kier molecular flexibility index (Phi) is 5.22. The molecule has 0 bridgehead atoms. The maximum Gasteiger partial charge on any atom is 0.307 e. The van der Waals surface area contributed by atoms with Gasteiger partial charge in [0.1, 0.15) is 17.4 Å². The first-order valence-electron chi connectivity index (χ1n) is 10.5. The molecule has 0 saturated carbocycles. The van der Waals surface area contributed by atoms with Gasteiger partial charge in [0.15, 0.2) is 5.82 Å². The van der Waals surface area contributed by atoms with Gasteiger partial charge in [-0.1, -0.05) is 12.1 Å². The Bertz CT molecular complexity index is 1370. The Hall–Kier alpha value is -3.91. The highest BCUT2D eigenvalue weighted by Gasteiger charge is 2.29. The molecule has 1 aliphatic rings. The van der Waals surface area contributed by atoms with Crippen molar-refractivity contribution in [2.45, 2.75) is 19.1 Å². The lowest BCUT2D eigenvalue weighted by Crippen LogP contribution is -2.32. The number of furan rings is 1. The number of aliphatic carboxylic acids is 1. The number of benzene rings is 2. The Morgan fingerprint density at radius 1 is 1.27 bits per heavy atom. The van der Waals surface area contributed by atoms with Crippen molar-refractivity contribution in [3.05, 3.63) is 77.6 Å². The van der Waals surface area contributed by atoms with E-state index in [-0.39, 0.29) is 18.7 Å². The number of nitrogens with zero attached hydrogens (tertiary/aromatic N) is 2. The normalized spacial score (nSPS) is 15.4. The van der Waals surface area contributed by atoms with Gasteiger partial charge in [-0.2, -0.15) is 0 Å². The second kappa shape index (κ2) is 8.22. The number of rotatable bonds is 5. The van der Waals surface area contributed by atoms with Crippen LogP contribution in [0.4, 0.5) is 10.1 Å². The highest BCUT2D eigenvalue weighted by Crippen LogP contribution is 2.42. The Morgan fingerprint density at radius 3 is 2.91 bits per heavy atom. The molecule has 8 heteroatoms. The Balaban J connectivity index is 1.62. The number of nitrogens with two attached hydrogens (primary N) is 1. The van der Waals surface area contributed by atoms with Crippen LogP contribution < -0.4 is 15.4 Å². The van der Waals surface area contributed by atoms with E-state index in [9.17, 15) is 9.90 Å². The van der Waals surface area contributed by atoms with E-state index in [1.54, 1.807) is 18.4 Å². The van der Waals surface area contributed by atoms with Crippen molar-refractivity contribution < 1.29 is 23.4 Å². The zero-order valence-electron chi connectivity index (χ0n) is 17.9. The molecule has 0 amide bonds. The maximum atomic E-state index is 15.1. The molecule has 3 N–H and O–H groups in total. The number of carbonyl (C=O) groups is 1. The summed E-state index contributed by atoms with van der Waals surface area (Å²) >= 11 is 0. The zero-order valence-corrected chi connectivity index (χ0v) is 17.9. The van der Waals surface area contributed by atoms with E-state index in [1.807, 2.05) is 42.3 Å². The molecule has 2 aromatic heterocycles. The van der Waals surface area contributed by atoms with Crippen molar-refractivity contribution in [1.82, 2.24) is 4.98 Å². The van der Waals surface area contributed by atoms with Gasteiger partial charge in [0, 0.05) is 41.9 Å². The molecule has 1 aliphatic heterocycles. The highest BCUT2D eigenvalue weighted by atomic mass is 19.1. The predicted octanol–water partition coefficient (Wildman–Crippen LogP) is 4.29. The standard InChI is InChI=1S/C25H22FN3O4/c1-29-13-21(33-25-14(11-22(30)31)3-2-4-20(25)29)16-9-15-6-8-32-24(15)18(10-16)17-5-7-28-19(12-27)23(17)26/h2-10,21H,11-13,27H2,1H3,(H,30,31)/t21-/m0/s1. The first kappa shape index (κ1) is 21.0. The molecule has 5 rings (SSSR count). The minimum atomic E-state index is -0.928. The van der Waals surface area contributed by atoms with Crippen LogP contribution in [-0.4, -0.2) is 29.7 Å². The molecule has 3 heterocycles. The van der Waals surface area contributed by atoms with Crippen molar-refractivity contribution in [2.75, 3.05) is 18.5 Å². The van der Waals surface area contributed by atoms with Crippen LogP contribution in [0.3, 0.4) is 0 Å². The summed E-state index contributed by atoms with van der Waals surface area (Å²) in [5.41, 5.74) is 9.59. The summed E-state index contributed by atoms with van der Waals surface area (Å²) in [6.45, 7) is 0.527. The Labute approximate surface area is 189 Å². The summed E-state index contributed by atoms with van der Waals surface area (Å²) in [5, 5.41) is 10.1. The molecule has 0 aliphatic carbocycles. The van der Waals surface area contributed by atoms with Gasteiger partial charge in [-0.3, -0.25) is 9.78 Å². The van der Waals surface area contributed by atoms with E-state index in [0.717, 1.165) is 16.6 Å². The van der Waals surface area contributed by atoms with Crippen molar-refractivity contribution in [3.8, 4) is 16.9 Å². The van der Waals surface area contributed by atoms with Crippen LogP contribution in [-0.2, 0) is 17.8 Å². The fourth-order valence-electron chi connectivity index (χ4n) is 4.34. The van der Waals surface area contributed by atoms with Gasteiger partial charge in [-0.15, -0.1) is 0 Å². The average Bonchev–Trinajstić information content (AvgIpc) is 3.28. The number of pyridine rings is 1. The predicted molar refractivity (Wildman–Crippen MR) is 122 cm³/mol. The van der Waals surface area contributed by atoms with Crippen molar-refractivity contribution in [3.63, 3.8) is 0 Å². The van der Waals surface area contributed by atoms with Crippen LogP contribution in [0.25, 0.3) is 22.1 Å². The number of ether oxygens (including phenoxy) is 1. The summed E-state index contributed by atoms with van der Waals surface area (Å²) < 4.78 is 27.2. The van der Waals surface area contributed by atoms with Gasteiger partial charge in [-0.25, -0.2) is 4.39 Å². The van der Waals surface area contributed by atoms with Gasteiger partial charge in [0.2, 0.25) is 0 Å². The number of hydrogen-bond acceptors (Lipinski definition) is 6. The van der Waals surface area contributed by atoms with Gasteiger partial charge in [0.05, 0.1) is 30.6 Å². The fraction of sp³-hybridized carbons (Fsp3) is 0.200. The van der Waals surface area contributed by atoms with Gasteiger partial charge >= 0.3 is 5.97 Å². The molecule has 0 radical (unpaired) electrons. The monoisotopic (exact) mass is 447 g/mol. The fourth-order valence-corrected chi connectivity index (χ4v) is 4.34. The SMILES string of the molecule is CN1C[C@@H](c2cc(-c3ccnc(CN)c3F)c3occc3c2)Oc2c(CC(=O)O)cccc21. The first-order chi connectivity index (χ1) is 16.0. The summed E-state index contributed by atoms with van der Waals surface area (Å²) in [4.78, 5) is 17.4. The number of likely N-dealkylation sites (N-methyl/N-ethyl adjacent to an activating group) is 1. The third-order valence-corrected chi connectivity index (χ3v) is 5.92. The van der Waals surface area contributed by atoms with Crippen LogP contribution in [0, 0.1) is 5.82 Å². The topological polar surface area (TPSA) is 102 Å². The van der Waals surface area contributed by atoms with E-state index >= 15 is 4.39 Å². The molecular formula is C25H22FN3O4. The Morgan fingerprint density at radius 2 is 2.12 bits per heavy atom. The van der Waals surface area contributed by atoms with Crippen molar-refractivity contribution >= 4 is 22.6 Å². The maximum absolute atomic E-state index is 15.1. The molecule has 33 heavy (non-hydrogen) atoms. The van der Waals surface area contributed by atoms with Crippen molar-refractivity contribution in [2.24, 2.45) is 5.73 Å². The van der Waals surface area contributed by atoms with Crippen LogP contribution in [0.5, 0.6) is 5.75 Å². The zero-order chi connectivity index (χ0) is 23.1. The lowest BCUT2D eigenvalue weighted by Gasteiger charge is -2.35. The van der Waals surface area contributed by atoms with E-state index in [0.29, 0.717) is 34.6 Å². The van der Waals surface area contributed by atoms with E-state index < -0.39 is 17.9 Å². The third-order valence-electron chi connectivity index (χ3n) is 5.92. The van der Waals surface area contributed by atoms with Crippen molar-refractivity contribution in [1.29, 1.82) is 0 Å². The van der Waals surface area contributed by atoms with Gasteiger partial charge in [0.25, 0.3) is 0 Å². The molecule has 0 saturated heterocycles. The molecule has 7 nitrogen and oxygen atoms in total. The van der Waals surface area contributed by atoms with Crippen LogP contribution in [0.1, 0.15) is 22.9 Å². The smallest absolute Gasteiger partial charge is 0.307 e. The number of fused-ring (bicyclic) bond motifs is 2.